The number of methoxy groups -OCH3 is 1. The van der Waals surface area contributed by atoms with E-state index in [4.69, 9.17) is 9.47 Å². The maximum Gasteiger partial charge on any atom is 0.408 e. The van der Waals surface area contributed by atoms with Gasteiger partial charge in [0.05, 0.1) is 7.11 Å². The van der Waals surface area contributed by atoms with Gasteiger partial charge in [-0.05, 0) is 37.5 Å². The summed E-state index contributed by atoms with van der Waals surface area (Å²) in [5.41, 5.74) is 0.837. The number of hydrogen-bond donors (Lipinski definition) is 2. The first kappa shape index (κ1) is 23.3. The van der Waals surface area contributed by atoms with Crippen molar-refractivity contribution in [3.63, 3.8) is 0 Å². The summed E-state index contributed by atoms with van der Waals surface area (Å²) < 4.78 is 10.3. The number of ether oxygens (including phenoxy) is 2. The van der Waals surface area contributed by atoms with Crippen LogP contribution in [0.4, 0.5) is 4.79 Å². The highest BCUT2D eigenvalue weighted by Crippen LogP contribution is 2.31. The van der Waals surface area contributed by atoms with Crippen LogP contribution in [0.15, 0.2) is 54.6 Å². The third kappa shape index (κ3) is 5.66. The molecule has 1 atom stereocenters. The maximum absolute atomic E-state index is 13.6. The third-order valence-corrected chi connectivity index (χ3v) is 5.35. The van der Waals surface area contributed by atoms with E-state index in [1.807, 2.05) is 54.6 Å². The fraction of sp³-hybridized carbons (Fsp3) is 0.400. The molecule has 2 aromatic rings. The van der Waals surface area contributed by atoms with Gasteiger partial charge in [0.2, 0.25) is 5.91 Å². The second kappa shape index (κ2) is 9.42. The van der Waals surface area contributed by atoms with E-state index in [1.54, 1.807) is 20.8 Å². The number of fused-ring (bicyclic) bond motifs is 1. The zero-order valence-electron chi connectivity index (χ0n) is 18.9. The fourth-order valence-corrected chi connectivity index (χ4v) is 3.90. The highest BCUT2D eigenvalue weighted by Gasteiger charge is 2.47. The first-order chi connectivity index (χ1) is 15.1. The predicted octanol–water partition coefficient (Wildman–Crippen LogP) is 2.95. The van der Waals surface area contributed by atoms with Crippen LogP contribution in [-0.4, -0.2) is 42.3 Å². The van der Waals surface area contributed by atoms with Crippen LogP contribution in [0.25, 0.3) is 0 Å². The number of carbonyl (C=O) groups excluding carboxylic acids is 3. The Morgan fingerprint density at radius 2 is 1.53 bits per heavy atom. The molecule has 0 aliphatic heterocycles. The summed E-state index contributed by atoms with van der Waals surface area (Å²) in [6.07, 6.45) is 0.188. The van der Waals surface area contributed by atoms with E-state index in [9.17, 15) is 14.4 Å². The summed E-state index contributed by atoms with van der Waals surface area (Å²) >= 11 is 0. The molecule has 2 N–H and O–H groups in total. The third-order valence-electron chi connectivity index (χ3n) is 5.35. The molecule has 2 aromatic carbocycles. The molecule has 7 nitrogen and oxygen atoms in total. The van der Waals surface area contributed by atoms with Crippen LogP contribution in [0, 0.1) is 0 Å². The lowest BCUT2D eigenvalue weighted by atomic mass is 9.93. The number of rotatable bonds is 6. The lowest BCUT2D eigenvalue weighted by Gasteiger charge is -2.32. The van der Waals surface area contributed by atoms with Crippen molar-refractivity contribution in [1.29, 1.82) is 0 Å². The minimum Gasteiger partial charge on any atom is -0.467 e. The lowest BCUT2D eigenvalue weighted by molar-refractivity contribution is -0.145. The van der Waals surface area contributed by atoms with Gasteiger partial charge in [0, 0.05) is 19.3 Å². The number of alkyl carbamates (subject to hydrolysis) is 1. The fourth-order valence-electron chi connectivity index (χ4n) is 3.90. The molecule has 0 fully saturated rings. The molecule has 0 aromatic heterocycles. The smallest absolute Gasteiger partial charge is 0.408 e. The minimum atomic E-state index is -1.27. The summed E-state index contributed by atoms with van der Waals surface area (Å²) in [6, 6.07) is 16.1. The molecule has 1 aliphatic carbocycles. The molecule has 0 unspecified atom stereocenters. The van der Waals surface area contributed by atoms with Crippen molar-refractivity contribution in [2.24, 2.45) is 0 Å². The molecule has 2 amide bonds. The van der Waals surface area contributed by atoms with Gasteiger partial charge in [-0.15, -0.1) is 0 Å². The molecule has 0 heterocycles. The van der Waals surface area contributed by atoms with Gasteiger partial charge in [-0.3, -0.25) is 4.79 Å². The molecule has 0 saturated carbocycles. The number of nitrogens with one attached hydrogen (secondary N) is 2. The van der Waals surface area contributed by atoms with Crippen molar-refractivity contribution in [2.75, 3.05) is 7.11 Å². The molecule has 32 heavy (non-hydrogen) atoms. The Labute approximate surface area is 188 Å². The molecule has 0 bridgehead atoms. The van der Waals surface area contributed by atoms with Crippen LogP contribution in [0.5, 0.6) is 0 Å². The van der Waals surface area contributed by atoms with Gasteiger partial charge >= 0.3 is 12.1 Å². The monoisotopic (exact) mass is 438 g/mol. The standard InChI is InChI=1S/C25H30N2O5/c1-24(2,3)32-23(30)27-25(15-18-12-8-9-13-19(18)16-25)22(29)26-20(21(28)31-4)14-17-10-6-5-7-11-17/h5-13,20H,14-16H2,1-4H3,(H,26,29)(H,27,30)/t20-/m1/s1. The Bertz CT molecular complexity index is 956. The number of carbonyl (C=O) groups is 3. The first-order valence-corrected chi connectivity index (χ1v) is 10.6. The number of amides is 2. The molecule has 1 aliphatic rings. The van der Waals surface area contributed by atoms with Gasteiger partial charge < -0.3 is 20.1 Å². The summed E-state index contributed by atoms with van der Waals surface area (Å²) in [5.74, 6) is -1.00. The average molecular weight is 439 g/mol. The lowest BCUT2D eigenvalue weighted by Crippen LogP contribution is -2.62. The van der Waals surface area contributed by atoms with Gasteiger partial charge in [-0.25, -0.2) is 9.59 Å². The Hall–Kier alpha value is -3.35. The zero-order chi connectivity index (χ0) is 23.4. The van der Waals surface area contributed by atoms with E-state index in [1.165, 1.54) is 7.11 Å². The first-order valence-electron chi connectivity index (χ1n) is 10.6. The quantitative estimate of drug-likeness (QED) is 0.677. The molecule has 0 spiro atoms. The summed E-state index contributed by atoms with van der Waals surface area (Å²) in [5, 5.41) is 5.61. The van der Waals surface area contributed by atoms with Crippen LogP contribution < -0.4 is 10.6 Å². The zero-order valence-corrected chi connectivity index (χ0v) is 18.9. The predicted molar refractivity (Wildman–Crippen MR) is 120 cm³/mol. The van der Waals surface area contributed by atoms with E-state index in [2.05, 4.69) is 10.6 Å². The summed E-state index contributed by atoms with van der Waals surface area (Å²) in [7, 11) is 1.28. The van der Waals surface area contributed by atoms with Gasteiger partial charge in [0.25, 0.3) is 0 Å². The largest absolute Gasteiger partial charge is 0.467 e. The molecule has 0 saturated heterocycles. The molecular formula is C25H30N2O5. The number of esters is 1. The Morgan fingerprint density at radius 1 is 0.969 bits per heavy atom. The van der Waals surface area contributed by atoms with Crippen LogP contribution in [0.3, 0.4) is 0 Å². The van der Waals surface area contributed by atoms with Gasteiger partial charge in [-0.1, -0.05) is 54.6 Å². The van der Waals surface area contributed by atoms with Crippen molar-refractivity contribution in [3.05, 3.63) is 71.3 Å². The van der Waals surface area contributed by atoms with Crippen LogP contribution >= 0.6 is 0 Å². The molecule has 3 rings (SSSR count). The van der Waals surface area contributed by atoms with Crippen LogP contribution in [0.1, 0.15) is 37.5 Å². The second-order valence-electron chi connectivity index (χ2n) is 9.07. The summed E-state index contributed by atoms with van der Waals surface area (Å²) in [6.45, 7) is 5.28. The van der Waals surface area contributed by atoms with Crippen LogP contribution in [0.2, 0.25) is 0 Å². The Morgan fingerprint density at radius 3 is 2.06 bits per heavy atom. The van der Waals surface area contributed by atoms with Crippen molar-refractivity contribution in [2.45, 2.75) is 57.2 Å². The van der Waals surface area contributed by atoms with Crippen molar-refractivity contribution in [3.8, 4) is 0 Å². The van der Waals surface area contributed by atoms with Crippen molar-refractivity contribution < 1.29 is 23.9 Å². The molecular weight excluding hydrogens is 408 g/mol. The molecule has 170 valence electrons. The van der Waals surface area contributed by atoms with Gasteiger partial charge in [0.1, 0.15) is 17.2 Å². The topological polar surface area (TPSA) is 93.7 Å². The molecule has 7 heteroatoms. The Balaban J connectivity index is 1.85. The highest BCUT2D eigenvalue weighted by molar-refractivity contribution is 5.94. The van der Waals surface area contributed by atoms with Gasteiger partial charge in [-0.2, -0.15) is 0 Å². The average Bonchev–Trinajstić information content (AvgIpc) is 3.11. The van der Waals surface area contributed by atoms with Crippen molar-refractivity contribution >= 4 is 18.0 Å². The number of hydrogen-bond acceptors (Lipinski definition) is 5. The van der Waals surface area contributed by atoms with Crippen LogP contribution in [-0.2, 0) is 38.3 Å². The van der Waals surface area contributed by atoms with Crippen molar-refractivity contribution in [1.82, 2.24) is 10.6 Å². The SMILES string of the molecule is COC(=O)[C@@H](Cc1ccccc1)NC(=O)C1(NC(=O)OC(C)(C)C)Cc2ccccc2C1. The minimum absolute atomic E-state index is 0.273. The molecule has 0 radical (unpaired) electrons. The van der Waals surface area contributed by atoms with E-state index in [0.717, 1.165) is 16.7 Å². The van der Waals surface area contributed by atoms with E-state index in [-0.39, 0.29) is 6.42 Å². The van der Waals surface area contributed by atoms with E-state index in [0.29, 0.717) is 12.8 Å². The van der Waals surface area contributed by atoms with E-state index >= 15 is 0 Å². The highest BCUT2D eigenvalue weighted by atomic mass is 16.6. The number of benzene rings is 2. The summed E-state index contributed by atoms with van der Waals surface area (Å²) in [4.78, 5) is 38.7. The Kier molecular flexibility index (Phi) is 6.87. The van der Waals surface area contributed by atoms with Gasteiger partial charge in [0.15, 0.2) is 0 Å². The van der Waals surface area contributed by atoms with E-state index < -0.39 is 35.2 Å². The second-order valence-corrected chi connectivity index (χ2v) is 9.07. The maximum atomic E-state index is 13.6. The normalized spacial score (nSPS) is 15.2.